The molecule has 1 N–H and O–H groups in total. The Hall–Kier alpha value is -1.19. The average Bonchev–Trinajstić information content (AvgIpc) is 2.78. The molecule has 3 heteroatoms. The molecule has 0 radical (unpaired) electrons. The molecule has 0 saturated carbocycles. The van der Waals surface area contributed by atoms with Gasteiger partial charge in [-0.2, -0.15) is 11.3 Å². The fourth-order valence-electron chi connectivity index (χ4n) is 2.19. The minimum atomic E-state index is 0.370. The van der Waals surface area contributed by atoms with Crippen molar-refractivity contribution in [2.24, 2.45) is 0 Å². The van der Waals surface area contributed by atoms with E-state index in [2.05, 4.69) is 47.9 Å². The number of hydrogen-bond acceptors (Lipinski definition) is 3. The number of thiophene rings is 1. The molecule has 0 saturated heterocycles. The summed E-state index contributed by atoms with van der Waals surface area (Å²) in [4.78, 5) is 4.50. The number of pyridine rings is 1. The number of aromatic nitrogens is 1. The second-order valence-electron chi connectivity index (χ2n) is 4.59. The maximum Gasteiger partial charge on any atom is 0.0451 e. The van der Waals surface area contributed by atoms with Gasteiger partial charge >= 0.3 is 0 Å². The highest BCUT2D eigenvalue weighted by atomic mass is 32.1. The standard InChI is InChI=1S/C15H20N2S/c1-4-16-15(13-10-18-9-12(13)3)8-14-11(2)6-5-7-17-14/h5-7,9-10,15-16H,4,8H2,1-3H3. The summed E-state index contributed by atoms with van der Waals surface area (Å²) < 4.78 is 0. The lowest BCUT2D eigenvalue weighted by molar-refractivity contribution is 0.542. The molecule has 2 nitrogen and oxygen atoms in total. The van der Waals surface area contributed by atoms with Crippen LogP contribution in [0.15, 0.2) is 29.1 Å². The van der Waals surface area contributed by atoms with E-state index in [1.54, 1.807) is 11.3 Å². The zero-order valence-corrected chi connectivity index (χ0v) is 12.1. The Morgan fingerprint density at radius 3 is 2.72 bits per heavy atom. The largest absolute Gasteiger partial charge is 0.310 e. The summed E-state index contributed by atoms with van der Waals surface area (Å²) in [5, 5.41) is 8.03. The van der Waals surface area contributed by atoms with E-state index in [9.17, 15) is 0 Å². The number of nitrogens with one attached hydrogen (secondary N) is 1. The Labute approximate surface area is 113 Å². The van der Waals surface area contributed by atoms with Gasteiger partial charge in [0.15, 0.2) is 0 Å². The molecule has 0 amide bonds. The van der Waals surface area contributed by atoms with Gasteiger partial charge in [-0.15, -0.1) is 0 Å². The van der Waals surface area contributed by atoms with Crippen LogP contribution in [0, 0.1) is 13.8 Å². The monoisotopic (exact) mass is 260 g/mol. The van der Waals surface area contributed by atoms with Crippen LogP contribution in [0.2, 0.25) is 0 Å². The summed E-state index contributed by atoms with van der Waals surface area (Å²) in [7, 11) is 0. The highest BCUT2D eigenvalue weighted by Gasteiger charge is 2.15. The van der Waals surface area contributed by atoms with Gasteiger partial charge in [-0.25, -0.2) is 0 Å². The predicted molar refractivity (Wildman–Crippen MR) is 78.2 cm³/mol. The Kier molecular flexibility index (Phi) is 4.50. The van der Waals surface area contributed by atoms with Gasteiger partial charge in [-0.05, 0) is 53.9 Å². The van der Waals surface area contributed by atoms with Crippen molar-refractivity contribution >= 4 is 11.3 Å². The van der Waals surface area contributed by atoms with Crippen LogP contribution in [0.4, 0.5) is 0 Å². The van der Waals surface area contributed by atoms with E-state index in [1.807, 2.05) is 12.3 Å². The lowest BCUT2D eigenvalue weighted by atomic mass is 9.99. The van der Waals surface area contributed by atoms with Crippen molar-refractivity contribution < 1.29 is 0 Å². The van der Waals surface area contributed by atoms with E-state index < -0.39 is 0 Å². The van der Waals surface area contributed by atoms with Crippen molar-refractivity contribution in [2.75, 3.05) is 6.54 Å². The molecule has 0 aliphatic carbocycles. The van der Waals surface area contributed by atoms with Gasteiger partial charge in [0.1, 0.15) is 0 Å². The van der Waals surface area contributed by atoms with Gasteiger partial charge in [0.25, 0.3) is 0 Å². The number of rotatable bonds is 5. The van der Waals surface area contributed by atoms with Crippen molar-refractivity contribution in [2.45, 2.75) is 33.2 Å². The second kappa shape index (κ2) is 6.12. The maximum atomic E-state index is 4.50. The molecule has 2 rings (SSSR count). The lowest BCUT2D eigenvalue weighted by Crippen LogP contribution is -2.23. The molecule has 0 fully saturated rings. The first kappa shape index (κ1) is 13.2. The third-order valence-corrected chi connectivity index (χ3v) is 4.12. The first-order chi connectivity index (χ1) is 8.72. The van der Waals surface area contributed by atoms with Gasteiger partial charge < -0.3 is 5.32 Å². The van der Waals surface area contributed by atoms with Crippen LogP contribution in [0.25, 0.3) is 0 Å². The van der Waals surface area contributed by atoms with E-state index >= 15 is 0 Å². The Morgan fingerprint density at radius 1 is 1.28 bits per heavy atom. The van der Waals surface area contributed by atoms with Crippen molar-refractivity contribution in [1.82, 2.24) is 10.3 Å². The molecule has 0 bridgehead atoms. The van der Waals surface area contributed by atoms with E-state index in [0.29, 0.717) is 6.04 Å². The number of aryl methyl sites for hydroxylation is 2. The molecule has 1 unspecified atom stereocenters. The Bertz CT molecular complexity index is 505. The molecule has 0 aliphatic heterocycles. The molecule has 2 heterocycles. The molecule has 18 heavy (non-hydrogen) atoms. The summed E-state index contributed by atoms with van der Waals surface area (Å²) in [5.74, 6) is 0. The van der Waals surface area contributed by atoms with Crippen LogP contribution in [0.1, 0.15) is 35.3 Å². The second-order valence-corrected chi connectivity index (χ2v) is 5.34. The summed E-state index contributed by atoms with van der Waals surface area (Å²) in [6.07, 6.45) is 2.84. The van der Waals surface area contributed by atoms with E-state index in [-0.39, 0.29) is 0 Å². The van der Waals surface area contributed by atoms with Gasteiger partial charge in [0.05, 0.1) is 0 Å². The normalized spacial score (nSPS) is 12.6. The van der Waals surface area contributed by atoms with Crippen molar-refractivity contribution in [3.8, 4) is 0 Å². The summed E-state index contributed by atoms with van der Waals surface area (Å²) >= 11 is 1.77. The van der Waals surface area contributed by atoms with Crippen LogP contribution in [-0.2, 0) is 6.42 Å². The van der Waals surface area contributed by atoms with E-state index in [1.165, 1.54) is 22.4 Å². The van der Waals surface area contributed by atoms with Crippen LogP contribution < -0.4 is 5.32 Å². The lowest BCUT2D eigenvalue weighted by Gasteiger charge is -2.18. The summed E-state index contributed by atoms with van der Waals surface area (Å²) in [6, 6.07) is 4.50. The zero-order chi connectivity index (χ0) is 13.0. The SMILES string of the molecule is CCNC(Cc1ncccc1C)c1cscc1C. The molecular formula is C15H20N2S. The number of nitrogens with zero attached hydrogens (tertiary/aromatic N) is 1. The van der Waals surface area contributed by atoms with Gasteiger partial charge in [0.2, 0.25) is 0 Å². The highest BCUT2D eigenvalue weighted by Crippen LogP contribution is 2.25. The third-order valence-electron chi connectivity index (χ3n) is 3.24. The molecule has 2 aromatic rings. The molecule has 0 aliphatic rings. The maximum absolute atomic E-state index is 4.50. The molecule has 0 aromatic carbocycles. The zero-order valence-electron chi connectivity index (χ0n) is 11.2. The summed E-state index contributed by atoms with van der Waals surface area (Å²) in [6.45, 7) is 7.44. The van der Waals surface area contributed by atoms with Crippen molar-refractivity contribution in [3.63, 3.8) is 0 Å². The third kappa shape index (κ3) is 2.98. The van der Waals surface area contributed by atoms with Gasteiger partial charge in [-0.3, -0.25) is 4.98 Å². The molecule has 96 valence electrons. The van der Waals surface area contributed by atoms with Gasteiger partial charge in [-0.1, -0.05) is 13.0 Å². The molecule has 0 spiro atoms. The van der Waals surface area contributed by atoms with Crippen molar-refractivity contribution in [1.29, 1.82) is 0 Å². The minimum Gasteiger partial charge on any atom is -0.310 e. The smallest absolute Gasteiger partial charge is 0.0451 e. The predicted octanol–water partition coefficient (Wildman–Crippen LogP) is 3.65. The minimum absolute atomic E-state index is 0.370. The topological polar surface area (TPSA) is 24.9 Å². The van der Waals surface area contributed by atoms with E-state index in [0.717, 1.165) is 13.0 Å². The number of likely N-dealkylation sites (N-methyl/N-ethyl adjacent to an activating group) is 1. The van der Waals surface area contributed by atoms with E-state index in [4.69, 9.17) is 0 Å². The van der Waals surface area contributed by atoms with Crippen LogP contribution in [0.5, 0.6) is 0 Å². The fourth-order valence-corrected chi connectivity index (χ4v) is 3.10. The fraction of sp³-hybridized carbons (Fsp3) is 0.400. The van der Waals surface area contributed by atoms with Crippen LogP contribution in [-0.4, -0.2) is 11.5 Å². The van der Waals surface area contributed by atoms with Gasteiger partial charge in [0, 0.05) is 24.4 Å². The molecule has 2 aromatic heterocycles. The van der Waals surface area contributed by atoms with Crippen LogP contribution >= 0.6 is 11.3 Å². The summed E-state index contributed by atoms with van der Waals surface area (Å²) in [5.41, 5.74) is 5.24. The Morgan fingerprint density at radius 2 is 2.11 bits per heavy atom. The average molecular weight is 260 g/mol. The van der Waals surface area contributed by atoms with Crippen LogP contribution in [0.3, 0.4) is 0 Å². The highest BCUT2D eigenvalue weighted by molar-refractivity contribution is 7.08. The molecular weight excluding hydrogens is 240 g/mol. The number of hydrogen-bond donors (Lipinski definition) is 1. The first-order valence-electron chi connectivity index (χ1n) is 6.39. The quantitative estimate of drug-likeness (QED) is 0.887. The Balaban J connectivity index is 2.22. The van der Waals surface area contributed by atoms with Crippen molar-refractivity contribution in [3.05, 3.63) is 51.5 Å². The first-order valence-corrected chi connectivity index (χ1v) is 7.33. The molecule has 1 atom stereocenters.